The lowest BCUT2D eigenvalue weighted by Crippen LogP contribution is -2.24. The van der Waals surface area contributed by atoms with Crippen LogP contribution in [-0.4, -0.2) is 28.3 Å². The molecule has 7 nitrogen and oxygen atoms in total. The number of hydrogen-bond acceptors (Lipinski definition) is 5. The van der Waals surface area contributed by atoms with Crippen molar-refractivity contribution in [3.8, 4) is 11.3 Å². The zero-order valence-corrected chi connectivity index (χ0v) is 16.6. The second kappa shape index (κ2) is 8.47. The van der Waals surface area contributed by atoms with E-state index in [0.29, 0.717) is 29.3 Å². The number of nitrogens with zero attached hydrogens (tertiary/aromatic N) is 2. The summed E-state index contributed by atoms with van der Waals surface area (Å²) in [4.78, 5) is 32.8. The van der Waals surface area contributed by atoms with Crippen molar-refractivity contribution < 1.29 is 18.4 Å². The van der Waals surface area contributed by atoms with Gasteiger partial charge in [-0.05, 0) is 36.8 Å². The van der Waals surface area contributed by atoms with E-state index in [1.807, 2.05) is 6.92 Å². The fourth-order valence-electron chi connectivity index (χ4n) is 3.28. The summed E-state index contributed by atoms with van der Waals surface area (Å²) in [5.74, 6) is -1.73. The van der Waals surface area contributed by atoms with Gasteiger partial charge >= 0.3 is 0 Å². The highest BCUT2D eigenvalue weighted by Gasteiger charge is 2.27. The molecule has 0 aliphatic carbocycles. The molecule has 0 saturated heterocycles. The van der Waals surface area contributed by atoms with E-state index in [-0.39, 0.29) is 35.2 Å². The van der Waals surface area contributed by atoms with Crippen LogP contribution in [0.15, 0.2) is 42.6 Å². The number of hydrogen-bond donors (Lipinski definition) is 3. The first-order valence-corrected chi connectivity index (χ1v) is 9.75. The standard InChI is InChI=1S/C22H19F2N5O2/c1-2-8-25-21(30)12-6-7-18(26-10-12)29-16-9-15(19-13(23)4-3-5-14(19)24)28-17-11-27-22(31)20(16)17/h3-7,9-10H,2,8,11H2,1H3,(H,25,30)(H,27,31)(H,26,28,29). The average Bonchev–Trinajstić information content (AvgIpc) is 3.13. The number of carbonyl (C=O) groups is 2. The van der Waals surface area contributed by atoms with Crippen LogP contribution in [0.2, 0.25) is 0 Å². The van der Waals surface area contributed by atoms with Gasteiger partial charge in [-0.25, -0.2) is 18.7 Å². The number of aromatic nitrogens is 2. The number of benzene rings is 1. The Hall–Kier alpha value is -3.88. The molecular weight excluding hydrogens is 404 g/mol. The van der Waals surface area contributed by atoms with E-state index in [4.69, 9.17) is 0 Å². The summed E-state index contributed by atoms with van der Waals surface area (Å²) in [5, 5.41) is 8.43. The number of fused-ring (bicyclic) bond motifs is 1. The van der Waals surface area contributed by atoms with E-state index >= 15 is 0 Å². The highest BCUT2D eigenvalue weighted by Crippen LogP contribution is 2.32. The zero-order chi connectivity index (χ0) is 22.0. The molecule has 0 radical (unpaired) electrons. The monoisotopic (exact) mass is 423 g/mol. The van der Waals surface area contributed by atoms with Crippen LogP contribution in [0.1, 0.15) is 39.8 Å². The lowest BCUT2D eigenvalue weighted by molar-refractivity contribution is 0.0949. The minimum absolute atomic E-state index is 0.0592. The topological polar surface area (TPSA) is 96.0 Å². The zero-order valence-electron chi connectivity index (χ0n) is 16.6. The first-order chi connectivity index (χ1) is 15.0. The molecule has 1 aliphatic rings. The van der Waals surface area contributed by atoms with Crippen molar-refractivity contribution in [2.24, 2.45) is 0 Å². The fraction of sp³-hybridized carbons (Fsp3) is 0.182. The largest absolute Gasteiger partial charge is 0.352 e. The minimum Gasteiger partial charge on any atom is -0.352 e. The third kappa shape index (κ3) is 4.07. The van der Waals surface area contributed by atoms with Gasteiger partial charge < -0.3 is 16.0 Å². The molecule has 0 fully saturated rings. The highest BCUT2D eigenvalue weighted by molar-refractivity contribution is 6.04. The molecule has 9 heteroatoms. The van der Waals surface area contributed by atoms with Crippen LogP contribution in [0, 0.1) is 11.6 Å². The normalized spacial score (nSPS) is 12.3. The predicted octanol–water partition coefficient (Wildman–Crippen LogP) is 3.55. The van der Waals surface area contributed by atoms with Crippen LogP contribution in [-0.2, 0) is 6.54 Å². The molecule has 31 heavy (non-hydrogen) atoms. The molecule has 0 saturated carbocycles. The van der Waals surface area contributed by atoms with E-state index in [2.05, 4.69) is 25.9 Å². The van der Waals surface area contributed by atoms with Crippen molar-refractivity contribution in [1.82, 2.24) is 20.6 Å². The number of amides is 2. The molecule has 158 valence electrons. The molecule has 1 aliphatic heterocycles. The first-order valence-electron chi connectivity index (χ1n) is 9.75. The van der Waals surface area contributed by atoms with E-state index in [1.54, 1.807) is 12.1 Å². The number of anilines is 2. The Bertz CT molecular complexity index is 1150. The van der Waals surface area contributed by atoms with E-state index < -0.39 is 11.6 Å². The third-order valence-corrected chi connectivity index (χ3v) is 4.78. The number of rotatable bonds is 6. The van der Waals surface area contributed by atoms with Gasteiger partial charge in [-0.2, -0.15) is 0 Å². The van der Waals surface area contributed by atoms with Crippen molar-refractivity contribution in [1.29, 1.82) is 0 Å². The van der Waals surface area contributed by atoms with Gasteiger partial charge in [0.25, 0.3) is 11.8 Å². The maximum atomic E-state index is 14.3. The van der Waals surface area contributed by atoms with Gasteiger partial charge in [0.05, 0.1) is 40.3 Å². The molecule has 2 amide bonds. The average molecular weight is 423 g/mol. The van der Waals surface area contributed by atoms with E-state index in [1.165, 1.54) is 18.3 Å². The molecular formula is C22H19F2N5O2. The number of nitrogens with one attached hydrogen (secondary N) is 3. The van der Waals surface area contributed by atoms with Crippen LogP contribution < -0.4 is 16.0 Å². The van der Waals surface area contributed by atoms with Crippen molar-refractivity contribution in [2.75, 3.05) is 11.9 Å². The quantitative estimate of drug-likeness (QED) is 0.564. The summed E-state index contributed by atoms with van der Waals surface area (Å²) in [7, 11) is 0. The van der Waals surface area contributed by atoms with Gasteiger partial charge in [0, 0.05) is 12.7 Å². The number of carbonyl (C=O) groups excluding carboxylic acids is 2. The Morgan fingerprint density at radius 1 is 1.16 bits per heavy atom. The molecule has 0 atom stereocenters. The van der Waals surface area contributed by atoms with Gasteiger partial charge in [0.1, 0.15) is 17.5 Å². The van der Waals surface area contributed by atoms with Crippen LogP contribution in [0.5, 0.6) is 0 Å². The van der Waals surface area contributed by atoms with E-state index in [9.17, 15) is 18.4 Å². The van der Waals surface area contributed by atoms with Crippen LogP contribution in [0.3, 0.4) is 0 Å². The van der Waals surface area contributed by atoms with Gasteiger partial charge in [0.2, 0.25) is 0 Å². The Balaban J connectivity index is 1.69. The summed E-state index contributed by atoms with van der Waals surface area (Å²) in [5.41, 5.74) is 1.15. The molecule has 0 bridgehead atoms. The number of halogens is 2. The second-order valence-electron chi connectivity index (χ2n) is 6.97. The minimum atomic E-state index is -0.753. The number of pyridine rings is 2. The van der Waals surface area contributed by atoms with Gasteiger partial charge in [-0.3, -0.25) is 9.59 Å². The van der Waals surface area contributed by atoms with Crippen molar-refractivity contribution in [3.63, 3.8) is 0 Å². The smallest absolute Gasteiger partial charge is 0.255 e. The van der Waals surface area contributed by atoms with E-state index in [0.717, 1.165) is 18.6 Å². The molecule has 3 aromatic rings. The molecule has 3 heterocycles. The predicted molar refractivity (Wildman–Crippen MR) is 111 cm³/mol. The molecule has 3 N–H and O–H groups in total. The molecule has 4 rings (SSSR count). The SMILES string of the molecule is CCCNC(=O)c1ccc(Nc2cc(-c3c(F)cccc3F)nc3c2C(=O)NC3)nc1. The summed E-state index contributed by atoms with van der Waals surface area (Å²) in [6, 6.07) is 8.16. The lowest BCUT2D eigenvalue weighted by atomic mass is 10.1. The lowest BCUT2D eigenvalue weighted by Gasteiger charge is -2.13. The highest BCUT2D eigenvalue weighted by atomic mass is 19.1. The summed E-state index contributed by atoms with van der Waals surface area (Å²) in [6.07, 6.45) is 2.23. The fourth-order valence-corrected chi connectivity index (χ4v) is 3.28. The van der Waals surface area contributed by atoms with Crippen molar-refractivity contribution >= 4 is 23.3 Å². The third-order valence-electron chi connectivity index (χ3n) is 4.78. The first kappa shape index (κ1) is 20.4. The van der Waals surface area contributed by atoms with Gasteiger partial charge in [-0.1, -0.05) is 13.0 Å². The van der Waals surface area contributed by atoms with Crippen LogP contribution >= 0.6 is 0 Å². The van der Waals surface area contributed by atoms with Crippen molar-refractivity contribution in [2.45, 2.75) is 19.9 Å². The summed E-state index contributed by atoms with van der Waals surface area (Å²) >= 11 is 0. The Morgan fingerprint density at radius 3 is 2.61 bits per heavy atom. The maximum Gasteiger partial charge on any atom is 0.255 e. The van der Waals surface area contributed by atoms with Gasteiger partial charge in [0.15, 0.2) is 0 Å². The van der Waals surface area contributed by atoms with Crippen LogP contribution in [0.25, 0.3) is 11.3 Å². The van der Waals surface area contributed by atoms with Crippen molar-refractivity contribution in [3.05, 3.63) is 71.1 Å². The Morgan fingerprint density at radius 2 is 1.94 bits per heavy atom. The molecule has 0 spiro atoms. The summed E-state index contributed by atoms with van der Waals surface area (Å²) in [6.45, 7) is 2.67. The summed E-state index contributed by atoms with van der Waals surface area (Å²) < 4.78 is 28.6. The van der Waals surface area contributed by atoms with Gasteiger partial charge in [-0.15, -0.1) is 0 Å². The maximum absolute atomic E-state index is 14.3. The second-order valence-corrected chi connectivity index (χ2v) is 6.97. The molecule has 1 aromatic carbocycles. The van der Waals surface area contributed by atoms with Crippen LogP contribution in [0.4, 0.5) is 20.3 Å². The Kier molecular flexibility index (Phi) is 5.57. The molecule has 0 unspecified atom stereocenters. The molecule has 2 aromatic heterocycles. The Labute approximate surface area is 176 Å².